The Labute approximate surface area is 159 Å². The van der Waals surface area contributed by atoms with Crippen molar-refractivity contribution in [3.05, 3.63) is 33.8 Å². The van der Waals surface area contributed by atoms with Crippen LogP contribution in [0.15, 0.2) is 22.5 Å². The van der Waals surface area contributed by atoms with Crippen LogP contribution < -0.4 is 10.0 Å². The molecule has 1 aromatic carbocycles. The van der Waals surface area contributed by atoms with Gasteiger partial charge in [-0.05, 0) is 31.0 Å². The summed E-state index contributed by atoms with van der Waals surface area (Å²) in [6, 6.07) is 4.25. The van der Waals surface area contributed by atoms with Gasteiger partial charge in [0, 0.05) is 11.1 Å². The molecule has 2 aromatic rings. The van der Waals surface area contributed by atoms with Crippen molar-refractivity contribution in [1.82, 2.24) is 14.9 Å². The molecule has 1 aromatic heterocycles. The Bertz CT molecular complexity index is 867. The van der Waals surface area contributed by atoms with Crippen LogP contribution in [0.25, 0.3) is 0 Å². The van der Waals surface area contributed by atoms with E-state index in [0.717, 1.165) is 11.3 Å². The SMILES string of the molecule is CCC(CC)NS(=O)(=O)c1nnc(NC(=O)c2ccc(Cl)cc2Cl)s1. The van der Waals surface area contributed by atoms with E-state index in [9.17, 15) is 13.2 Å². The van der Waals surface area contributed by atoms with E-state index in [-0.39, 0.29) is 26.1 Å². The number of carbonyl (C=O) groups excluding carboxylic acids is 1. The summed E-state index contributed by atoms with van der Waals surface area (Å²) in [7, 11) is -3.78. The van der Waals surface area contributed by atoms with Crippen LogP contribution in [0.2, 0.25) is 10.0 Å². The van der Waals surface area contributed by atoms with E-state index < -0.39 is 15.9 Å². The van der Waals surface area contributed by atoms with Gasteiger partial charge in [0.2, 0.25) is 9.47 Å². The van der Waals surface area contributed by atoms with Gasteiger partial charge in [-0.2, -0.15) is 0 Å². The second-order valence-electron chi connectivity index (χ2n) is 5.09. The summed E-state index contributed by atoms with van der Waals surface area (Å²) in [5.41, 5.74) is 0.195. The highest BCUT2D eigenvalue weighted by Crippen LogP contribution is 2.24. The largest absolute Gasteiger partial charge is 0.296 e. The van der Waals surface area contributed by atoms with Crippen LogP contribution in [0, 0.1) is 0 Å². The van der Waals surface area contributed by atoms with Crippen LogP contribution in [0.3, 0.4) is 0 Å². The lowest BCUT2D eigenvalue weighted by Crippen LogP contribution is -2.33. The number of sulfonamides is 1. The van der Waals surface area contributed by atoms with Crippen molar-refractivity contribution >= 4 is 55.6 Å². The molecule has 136 valence electrons. The van der Waals surface area contributed by atoms with Crippen LogP contribution in [-0.4, -0.2) is 30.6 Å². The normalized spacial score (nSPS) is 11.7. The number of halogens is 2. The Balaban J connectivity index is 2.14. The number of rotatable bonds is 7. The predicted octanol–water partition coefficient (Wildman–Crippen LogP) is 3.56. The smallest absolute Gasteiger partial charge is 0.270 e. The summed E-state index contributed by atoms with van der Waals surface area (Å²) in [4.78, 5) is 12.2. The molecular weight excluding hydrogens is 407 g/mol. The topological polar surface area (TPSA) is 101 Å². The van der Waals surface area contributed by atoms with E-state index in [1.54, 1.807) is 0 Å². The molecule has 0 aliphatic heterocycles. The minimum atomic E-state index is -3.78. The third-order valence-electron chi connectivity index (χ3n) is 3.34. The first-order chi connectivity index (χ1) is 11.8. The molecule has 0 spiro atoms. The van der Waals surface area contributed by atoms with Crippen molar-refractivity contribution in [1.29, 1.82) is 0 Å². The zero-order valence-corrected chi connectivity index (χ0v) is 16.6. The average Bonchev–Trinajstić information content (AvgIpc) is 3.01. The van der Waals surface area contributed by atoms with Crippen LogP contribution >= 0.6 is 34.5 Å². The van der Waals surface area contributed by atoms with Gasteiger partial charge in [-0.3, -0.25) is 10.1 Å². The molecule has 1 amide bonds. The fourth-order valence-electron chi connectivity index (χ4n) is 1.93. The quantitative estimate of drug-likeness (QED) is 0.664. The third kappa shape index (κ3) is 5.11. The molecule has 25 heavy (non-hydrogen) atoms. The zero-order chi connectivity index (χ0) is 18.6. The summed E-state index contributed by atoms with van der Waals surface area (Å²) in [6.45, 7) is 3.77. The molecule has 2 rings (SSSR count). The van der Waals surface area contributed by atoms with E-state index in [0.29, 0.717) is 17.9 Å². The maximum atomic E-state index is 12.3. The third-order valence-corrected chi connectivity index (χ3v) is 6.61. The minimum absolute atomic E-state index is 0.0564. The van der Waals surface area contributed by atoms with Gasteiger partial charge in [-0.25, -0.2) is 13.1 Å². The summed E-state index contributed by atoms with van der Waals surface area (Å²) >= 11 is 12.5. The van der Waals surface area contributed by atoms with Crippen molar-refractivity contribution in [2.75, 3.05) is 5.32 Å². The summed E-state index contributed by atoms with van der Waals surface area (Å²) in [5, 5.41) is 10.5. The predicted molar refractivity (Wildman–Crippen MR) is 99.0 cm³/mol. The monoisotopic (exact) mass is 422 g/mol. The number of benzene rings is 1. The second kappa shape index (κ2) is 8.41. The van der Waals surface area contributed by atoms with Crippen molar-refractivity contribution in [3.8, 4) is 0 Å². The Hall–Kier alpha value is -1.26. The summed E-state index contributed by atoms with van der Waals surface area (Å²) < 4.78 is 26.9. The highest BCUT2D eigenvalue weighted by Gasteiger charge is 2.23. The lowest BCUT2D eigenvalue weighted by atomic mass is 10.2. The van der Waals surface area contributed by atoms with E-state index in [1.807, 2.05) is 13.8 Å². The molecule has 0 fully saturated rings. The molecular formula is C14H16Cl2N4O3S2. The maximum absolute atomic E-state index is 12.3. The fraction of sp³-hybridized carbons (Fsp3) is 0.357. The van der Waals surface area contributed by atoms with E-state index in [4.69, 9.17) is 23.2 Å². The maximum Gasteiger partial charge on any atom is 0.270 e. The Kier molecular flexibility index (Phi) is 6.75. The number of amides is 1. The Morgan fingerprint density at radius 2 is 1.92 bits per heavy atom. The number of nitrogens with zero attached hydrogens (tertiary/aromatic N) is 2. The number of aromatic nitrogens is 2. The van der Waals surface area contributed by atoms with Crippen LogP contribution in [-0.2, 0) is 10.0 Å². The molecule has 1 heterocycles. The molecule has 11 heteroatoms. The molecule has 0 aliphatic carbocycles. The molecule has 2 N–H and O–H groups in total. The Morgan fingerprint density at radius 3 is 2.52 bits per heavy atom. The van der Waals surface area contributed by atoms with Gasteiger partial charge in [0.05, 0.1) is 10.6 Å². The number of anilines is 1. The first-order valence-electron chi connectivity index (χ1n) is 7.39. The van der Waals surface area contributed by atoms with Crippen molar-refractivity contribution in [2.24, 2.45) is 0 Å². The highest BCUT2D eigenvalue weighted by atomic mass is 35.5. The first-order valence-corrected chi connectivity index (χ1v) is 10.4. The molecule has 0 unspecified atom stereocenters. The Morgan fingerprint density at radius 1 is 1.24 bits per heavy atom. The number of nitrogens with one attached hydrogen (secondary N) is 2. The summed E-state index contributed by atoms with van der Waals surface area (Å²) in [5.74, 6) is -0.533. The lowest BCUT2D eigenvalue weighted by molar-refractivity contribution is 0.102. The fourth-order valence-corrected chi connectivity index (χ4v) is 4.74. The number of carbonyl (C=O) groups is 1. The average molecular weight is 423 g/mol. The van der Waals surface area contributed by atoms with Gasteiger partial charge in [0.15, 0.2) is 0 Å². The van der Waals surface area contributed by atoms with Gasteiger partial charge in [0.1, 0.15) is 0 Å². The van der Waals surface area contributed by atoms with E-state index in [1.165, 1.54) is 18.2 Å². The van der Waals surface area contributed by atoms with Crippen LogP contribution in [0.1, 0.15) is 37.0 Å². The summed E-state index contributed by atoms with van der Waals surface area (Å²) in [6.07, 6.45) is 1.32. The van der Waals surface area contributed by atoms with Gasteiger partial charge in [0.25, 0.3) is 15.9 Å². The molecule has 0 saturated carbocycles. The van der Waals surface area contributed by atoms with E-state index in [2.05, 4.69) is 20.2 Å². The highest BCUT2D eigenvalue weighted by molar-refractivity contribution is 7.91. The van der Waals surface area contributed by atoms with Gasteiger partial charge in [-0.15, -0.1) is 10.2 Å². The van der Waals surface area contributed by atoms with Crippen molar-refractivity contribution in [2.45, 2.75) is 37.1 Å². The molecule has 0 radical (unpaired) electrons. The molecule has 0 atom stereocenters. The number of hydrogen-bond acceptors (Lipinski definition) is 6. The van der Waals surface area contributed by atoms with Crippen LogP contribution in [0.5, 0.6) is 0 Å². The lowest BCUT2D eigenvalue weighted by Gasteiger charge is -2.12. The molecule has 0 bridgehead atoms. The van der Waals surface area contributed by atoms with Crippen molar-refractivity contribution < 1.29 is 13.2 Å². The standard InChI is InChI=1S/C14H16Cl2N4O3S2/c1-3-9(4-2)20-25(22,23)14-19-18-13(24-14)17-12(21)10-6-5-8(15)7-11(10)16/h5-7,9,20H,3-4H2,1-2H3,(H,17,18,21). The molecule has 0 saturated heterocycles. The van der Waals surface area contributed by atoms with Crippen molar-refractivity contribution in [3.63, 3.8) is 0 Å². The first kappa shape index (κ1) is 20.1. The number of hydrogen-bond donors (Lipinski definition) is 2. The molecule has 0 aliphatic rings. The van der Waals surface area contributed by atoms with Gasteiger partial charge < -0.3 is 0 Å². The van der Waals surface area contributed by atoms with Gasteiger partial charge >= 0.3 is 0 Å². The molecule has 7 nitrogen and oxygen atoms in total. The van der Waals surface area contributed by atoms with Gasteiger partial charge in [-0.1, -0.05) is 48.4 Å². The minimum Gasteiger partial charge on any atom is -0.296 e. The zero-order valence-electron chi connectivity index (χ0n) is 13.4. The van der Waals surface area contributed by atoms with Crippen LogP contribution in [0.4, 0.5) is 5.13 Å². The second-order valence-corrected chi connectivity index (χ2v) is 8.79. The van der Waals surface area contributed by atoms with E-state index >= 15 is 0 Å².